The van der Waals surface area contributed by atoms with E-state index in [1.807, 2.05) is 0 Å². The molecule has 0 unspecified atom stereocenters. The molecular weight excluding hydrogens is 668 g/mol. The second-order valence-corrected chi connectivity index (χ2v) is 15.5. The third kappa shape index (κ3) is 46.0. The standard InChI is InChI=1S/C27H50O6.C18H36O2/c1-4-7-10-13-16-19-25(28)31-22-24(33-27(30)21-18-15-12-9-6-3)23-32-26(29)20-17-14-11-8-5-2;1-17(2)15-13-11-9-7-5-3-4-6-8-10-12-14-16-18(19)20/h24H,4-23H2,1-3H3;17H,3-16H2,1-2H3,(H,19,20). The largest absolute Gasteiger partial charge is 0.481 e. The van der Waals surface area contributed by atoms with Crippen molar-refractivity contribution >= 4 is 23.9 Å². The Kier molecular flexibility index (Phi) is 42.6. The fraction of sp³-hybridized carbons (Fsp3) is 0.911. The number of carbonyl (C=O) groups is 4. The summed E-state index contributed by atoms with van der Waals surface area (Å²) >= 11 is 0. The van der Waals surface area contributed by atoms with Gasteiger partial charge in [0.05, 0.1) is 0 Å². The Hall–Kier alpha value is -2.12. The predicted octanol–water partition coefficient (Wildman–Crippen LogP) is 13.3. The molecule has 0 aromatic carbocycles. The third-order valence-electron chi connectivity index (χ3n) is 9.53. The monoisotopic (exact) mass is 755 g/mol. The first kappa shape index (κ1) is 53.0. The minimum Gasteiger partial charge on any atom is -0.481 e. The Balaban J connectivity index is 0. The van der Waals surface area contributed by atoms with E-state index in [1.54, 1.807) is 0 Å². The summed E-state index contributed by atoms with van der Waals surface area (Å²) in [6.07, 6.45) is 33.4. The summed E-state index contributed by atoms with van der Waals surface area (Å²) in [7, 11) is 0. The SMILES string of the molecule is CC(C)CCCCCCCCCCCCCCC(=O)O.CCCCCCCC(=O)OCC(COC(=O)CCCCCCC)OC(=O)CCCCCCC. The molecule has 0 aliphatic carbocycles. The van der Waals surface area contributed by atoms with Gasteiger partial charge in [-0.1, -0.05) is 189 Å². The Bertz CT molecular complexity index is 797. The summed E-state index contributed by atoms with van der Waals surface area (Å²) in [4.78, 5) is 46.6. The van der Waals surface area contributed by atoms with E-state index in [-0.39, 0.29) is 31.1 Å². The van der Waals surface area contributed by atoms with Crippen molar-refractivity contribution in [3.63, 3.8) is 0 Å². The Labute approximate surface area is 327 Å². The predicted molar refractivity (Wildman–Crippen MR) is 219 cm³/mol. The highest BCUT2D eigenvalue weighted by atomic mass is 16.6. The Morgan fingerprint density at radius 1 is 0.415 bits per heavy atom. The number of rotatable bonds is 38. The first-order valence-corrected chi connectivity index (χ1v) is 22.4. The van der Waals surface area contributed by atoms with E-state index in [1.165, 1.54) is 89.9 Å². The number of unbranched alkanes of at least 4 members (excludes halogenated alkanes) is 23. The van der Waals surface area contributed by atoms with Crippen LogP contribution in [0.15, 0.2) is 0 Å². The van der Waals surface area contributed by atoms with E-state index in [4.69, 9.17) is 19.3 Å². The number of carboxylic acids is 1. The van der Waals surface area contributed by atoms with Gasteiger partial charge < -0.3 is 19.3 Å². The van der Waals surface area contributed by atoms with Crippen molar-refractivity contribution in [2.24, 2.45) is 5.92 Å². The Morgan fingerprint density at radius 2 is 0.717 bits per heavy atom. The number of carboxylic acid groups (broad SMARTS) is 1. The van der Waals surface area contributed by atoms with Crippen LogP contribution in [0.5, 0.6) is 0 Å². The topological polar surface area (TPSA) is 116 Å². The van der Waals surface area contributed by atoms with Crippen molar-refractivity contribution in [3.05, 3.63) is 0 Å². The molecule has 0 amide bonds. The molecule has 0 rings (SSSR count). The molecule has 0 spiro atoms. The van der Waals surface area contributed by atoms with Gasteiger partial charge in [-0.15, -0.1) is 0 Å². The van der Waals surface area contributed by atoms with Crippen LogP contribution in [0.3, 0.4) is 0 Å². The van der Waals surface area contributed by atoms with E-state index in [0.29, 0.717) is 25.7 Å². The summed E-state index contributed by atoms with van der Waals surface area (Å²) in [6.45, 7) is 10.9. The molecule has 0 saturated carbocycles. The number of esters is 3. The molecule has 0 aromatic rings. The summed E-state index contributed by atoms with van der Waals surface area (Å²) < 4.78 is 16.1. The van der Waals surface area contributed by atoms with E-state index in [2.05, 4.69) is 34.6 Å². The maximum atomic E-state index is 12.2. The van der Waals surface area contributed by atoms with Gasteiger partial charge in [-0.05, 0) is 31.6 Å². The molecular formula is C45H86O8. The number of hydrogen-bond acceptors (Lipinski definition) is 7. The van der Waals surface area contributed by atoms with Crippen LogP contribution in [0.4, 0.5) is 0 Å². The molecule has 314 valence electrons. The molecule has 0 aliphatic rings. The molecule has 0 heterocycles. The summed E-state index contributed by atoms with van der Waals surface area (Å²) in [5, 5.41) is 8.52. The fourth-order valence-electron chi connectivity index (χ4n) is 6.09. The zero-order valence-electron chi connectivity index (χ0n) is 35.5. The summed E-state index contributed by atoms with van der Waals surface area (Å²) in [5.74, 6) is -0.713. The van der Waals surface area contributed by atoms with Crippen LogP contribution in [0.1, 0.15) is 240 Å². The molecule has 0 aliphatic heterocycles. The molecule has 0 radical (unpaired) electrons. The lowest BCUT2D eigenvalue weighted by Gasteiger charge is -2.18. The molecule has 53 heavy (non-hydrogen) atoms. The molecule has 0 aromatic heterocycles. The molecule has 0 fully saturated rings. The third-order valence-corrected chi connectivity index (χ3v) is 9.53. The van der Waals surface area contributed by atoms with E-state index in [0.717, 1.165) is 95.8 Å². The highest BCUT2D eigenvalue weighted by molar-refractivity contribution is 5.71. The quantitative estimate of drug-likeness (QED) is 0.0376. The molecule has 8 nitrogen and oxygen atoms in total. The summed E-state index contributed by atoms with van der Waals surface area (Å²) in [5.41, 5.74) is 0. The molecule has 0 bridgehead atoms. The number of carbonyl (C=O) groups excluding carboxylic acids is 3. The van der Waals surface area contributed by atoms with Crippen molar-refractivity contribution in [1.29, 1.82) is 0 Å². The normalized spacial score (nSPS) is 11.0. The van der Waals surface area contributed by atoms with Crippen molar-refractivity contribution < 1.29 is 38.5 Å². The van der Waals surface area contributed by atoms with Crippen LogP contribution in [-0.4, -0.2) is 48.3 Å². The van der Waals surface area contributed by atoms with Gasteiger partial charge in [0.1, 0.15) is 13.2 Å². The first-order chi connectivity index (χ1) is 25.7. The smallest absolute Gasteiger partial charge is 0.306 e. The van der Waals surface area contributed by atoms with Gasteiger partial charge in [0, 0.05) is 25.7 Å². The van der Waals surface area contributed by atoms with Gasteiger partial charge >= 0.3 is 23.9 Å². The first-order valence-electron chi connectivity index (χ1n) is 22.4. The summed E-state index contributed by atoms with van der Waals surface area (Å²) in [6, 6.07) is 0. The zero-order chi connectivity index (χ0) is 39.6. The average molecular weight is 755 g/mol. The van der Waals surface area contributed by atoms with E-state index < -0.39 is 12.1 Å². The number of ether oxygens (including phenoxy) is 3. The van der Waals surface area contributed by atoms with Crippen LogP contribution < -0.4 is 0 Å². The van der Waals surface area contributed by atoms with E-state index >= 15 is 0 Å². The Morgan fingerprint density at radius 3 is 1.06 bits per heavy atom. The lowest BCUT2D eigenvalue weighted by Crippen LogP contribution is -2.30. The molecule has 0 saturated heterocycles. The van der Waals surface area contributed by atoms with Gasteiger partial charge in [0.25, 0.3) is 0 Å². The van der Waals surface area contributed by atoms with Gasteiger partial charge in [0.15, 0.2) is 6.10 Å². The van der Waals surface area contributed by atoms with Crippen molar-refractivity contribution in [2.45, 2.75) is 246 Å². The lowest BCUT2D eigenvalue weighted by molar-refractivity contribution is -0.167. The lowest BCUT2D eigenvalue weighted by atomic mass is 10.0. The van der Waals surface area contributed by atoms with Crippen LogP contribution in [-0.2, 0) is 33.4 Å². The van der Waals surface area contributed by atoms with Gasteiger partial charge in [-0.3, -0.25) is 19.2 Å². The van der Waals surface area contributed by atoms with Gasteiger partial charge in [0.2, 0.25) is 0 Å². The van der Waals surface area contributed by atoms with Crippen molar-refractivity contribution in [2.75, 3.05) is 13.2 Å². The van der Waals surface area contributed by atoms with Crippen LogP contribution >= 0.6 is 0 Å². The number of aliphatic carboxylic acids is 1. The van der Waals surface area contributed by atoms with Crippen molar-refractivity contribution in [1.82, 2.24) is 0 Å². The maximum Gasteiger partial charge on any atom is 0.306 e. The maximum absolute atomic E-state index is 12.2. The molecule has 8 heteroatoms. The van der Waals surface area contributed by atoms with Gasteiger partial charge in [-0.2, -0.15) is 0 Å². The van der Waals surface area contributed by atoms with Crippen LogP contribution in [0.2, 0.25) is 0 Å². The molecule has 0 atom stereocenters. The average Bonchev–Trinajstić information content (AvgIpc) is 3.12. The minimum absolute atomic E-state index is 0.0703. The fourth-order valence-corrected chi connectivity index (χ4v) is 6.09. The number of hydrogen-bond donors (Lipinski definition) is 1. The highest BCUT2D eigenvalue weighted by Gasteiger charge is 2.19. The second-order valence-electron chi connectivity index (χ2n) is 15.5. The van der Waals surface area contributed by atoms with Crippen LogP contribution in [0.25, 0.3) is 0 Å². The van der Waals surface area contributed by atoms with Crippen molar-refractivity contribution in [3.8, 4) is 0 Å². The van der Waals surface area contributed by atoms with E-state index in [9.17, 15) is 19.2 Å². The van der Waals surface area contributed by atoms with Gasteiger partial charge in [-0.25, -0.2) is 0 Å². The second kappa shape index (κ2) is 42.6. The van der Waals surface area contributed by atoms with Crippen LogP contribution in [0, 0.1) is 5.92 Å². The highest BCUT2D eigenvalue weighted by Crippen LogP contribution is 2.15. The minimum atomic E-state index is -0.749. The molecule has 1 N–H and O–H groups in total. The zero-order valence-corrected chi connectivity index (χ0v) is 35.5.